The summed E-state index contributed by atoms with van der Waals surface area (Å²) in [5.41, 5.74) is 0. The van der Waals surface area contributed by atoms with Crippen LogP contribution in [0.2, 0.25) is 0 Å². The van der Waals surface area contributed by atoms with Crippen LogP contribution >= 0.6 is 0 Å². The van der Waals surface area contributed by atoms with Crippen molar-refractivity contribution in [3.05, 3.63) is 0 Å². The molecule has 1 radical (unpaired) electrons. The van der Waals surface area contributed by atoms with Crippen LogP contribution < -0.4 is 50.0 Å². The first kappa shape index (κ1) is 31.4. The molecule has 1 saturated heterocycles. The molecule has 165 valence electrons. The summed E-state index contributed by atoms with van der Waals surface area (Å²) in [6, 6.07) is 0. The zero-order valence-corrected chi connectivity index (χ0v) is 20.0. The zero-order chi connectivity index (χ0) is 21.1. The Kier molecular flexibility index (Phi) is 17.7. The summed E-state index contributed by atoms with van der Waals surface area (Å²) in [6.07, 6.45) is 0. The maximum absolute atomic E-state index is 11.0. The summed E-state index contributed by atoms with van der Waals surface area (Å²) in [6.45, 7) is 0.155. The molecular formula is C16H24FeN4NaO8. The van der Waals surface area contributed by atoms with Gasteiger partial charge in [0.2, 0.25) is 0 Å². The molecule has 0 aliphatic carbocycles. The van der Waals surface area contributed by atoms with Crippen LogP contribution in [0.3, 0.4) is 0 Å². The van der Waals surface area contributed by atoms with E-state index in [-0.39, 0.29) is 125 Å². The van der Waals surface area contributed by atoms with Crippen LogP contribution in [0.15, 0.2) is 0 Å². The van der Waals surface area contributed by atoms with E-state index in [1.165, 1.54) is 19.6 Å². The summed E-state index contributed by atoms with van der Waals surface area (Å²) < 4.78 is 0. The van der Waals surface area contributed by atoms with E-state index >= 15 is 0 Å². The molecule has 1 aliphatic rings. The van der Waals surface area contributed by atoms with E-state index in [0.29, 0.717) is 0 Å². The van der Waals surface area contributed by atoms with E-state index in [9.17, 15) is 39.6 Å². The largest absolute Gasteiger partial charge is 3.00 e. The van der Waals surface area contributed by atoms with Gasteiger partial charge >= 0.3 is 46.6 Å². The summed E-state index contributed by atoms with van der Waals surface area (Å²) in [5, 5.41) is 43.8. The van der Waals surface area contributed by atoms with E-state index in [1.807, 2.05) is 0 Å². The molecule has 0 unspecified atom stereocenters. The number of carboxylic acid groups (broad SMARTS) is 4. The fraction of sp³-hybridized carbons (Fsp3) is 0.750. The molecule has 14 heteroatoms. The average molecular weight is 479 g/mol. The van der Waals surface area contributed by atoms with Crippen LogP contribution in [0.5, 0.6) is 0 Å². The molecule has 0 bridgehead atoms. The molecule has 1 fully saturated rings. The summed E-state index contributed by atoms with van der Waals surface area (Å²) in [7, 11) is 0. The standard InChI is InChI=1S/C16H28N4O8.Fe.Na/c21-13(22)9-17-1-2-18(10-14(23)24)5-6-20(12-16(27)28)8-7-19(4-3-17)11-15(25)26;;/h1-12H2,(H,21,22)(H,23,24)(H,25,26)(H,27,28);;/q;+3;+1/p-4. The van der Waals surface area contributed by atoms with Gasteiger partial charge < -0.3 is 39.6 Å². The van der Waals surface area contributed by atoms with Gasteiger partial charge in [-0.3, -0.25) is 19.6 Å². The molecule has 0 amide bonds. The Morgan fingerprint density at radius 1 is 0.467 bits per heavy atom. The Bertz CT molecular complexity index is 459. The number of aliphatic carboxylic acids is 4. The fourth-order valence-electron chi connectivity index (χ4n) is 2.94. The first-order valence-electron chi connectivity index (χ1n) is 8.84. The molecule has 0 aromatic carbocycles. The average Bonchev–Trinajstić information content (AvgIpc) is 2.55. The third-order valence-corrected chi connectivity index (χ3v) is 4.34. The number of carbonyl (C=O) groups excluding carboxylic acids is 4. The van der Waals surface area contributed by atoms with Crippen LogP contribution in [0.4, 0.5) is 0 Å². The molecule has 12 nitrogen and oxygen atoms in total. The second-order valence-electron chi connectivity index (χ2n) is 6.59. The minimum atomic E-state index is -1.30. The van der Waals surface area contributed by atoms with Crippen LogP contribution in [-0.4, -0.2) is 122 Å². The van der Waals surface area contributed by atoms with Crippen molar-refractivity contribution in [3.8, 4) is 0 Å². The number of hydrogen-bond acceptors (Lipinski definition) is 12. The summed E-state index contributed by atoms with van der Waals surface area (Å²) in [5.74, 6) is -5.20. The first-order valence-corrected chi connectivity index (χ1v) is 8.84. The molecule has 0 aromatic rings. The molecular weight excluding hydrogens is 455 g/mol. The number of nitrogens with zero attached hydrogens (tertiary/aromatic N) is 4. The smallest absolute Gasteiger partial charge is 0.549 e. The Labute approximate surface area is 207 Å². The number of rotatable bonds is 8. The monoisotopic (exact) mass is 479 g/mol. The van der Waals surface area contributed by atoms with Gasteiger partial charge in [0.25, 0.3) is 0 Å². The van der Waals surface area contributed by atoms with E-state index in [0.717, 1.165) is 0 Å². The van der Waals surface area contributed by atoms with Gasteiger partial charge in [-0.1, -0.05) is 0 Å². The Balaban J connectivity index is 0. The van der Waals surface area contributed by atoms with Gasteiger partial charge in [0.05, 0.1) is 23.9 Å². The van der Waals surface area contributed by atoms with Gasteiger partial charge in [-0.15, -0.1) is 0 Å². The molecule has 0 atom stereocenters. The van der Waals surface area contributed by atoms with Crippen LogP contribution in [0.1, 0.15) is 0 Å². The zero-order valence-electron chi connectivity index (χ0n) is 16.9. The Morgan fingerprint density at radius 2 is 0.600 bits per heavy atom. The van der Waals surface area contributed by atoms with E-state index in [1.54, 1.807) is 0 Å². The molecule has 1 rings (SSSR count). The second-order valence-corrected chi connectivity index (χ2v) is 6.59. The Hall–Kier alpha value is -0.761. The van der Waals surface area contributed by atoms with Crippen molar-refractivity contribution in [2.75, 3.05) is 78.5 Å². The number of hydrogen-bond donors (Lipinski definition) is 0. The van der Waals surface area contributed by atoms with Gasteiger partial charge in [-0.2, -0.15) is 0 Å². The molecule has 30 heavy (non-hydrogen) atoms. The molecule has 1 aliphatic heterocycles. The first-order chi connectivity index (χ1) is 13.2. The van der Waals surface area contributed by atoms with Crippen molar-refractivity contribution in [3.63, 3.8) is 0 Å². The third-order valence-electron chi connectivity index (χ3n) is 4.34. The molecule has 0 spiro atoms. The maximum atomic E-state index is 11.0. The predicted molar refractivity (Wildman–Crippen MR) is 85.8 cm³/mol. The van der Waals surface area contributed by atoms with E-state index < -0.39 is 23.9 Å². The van der Waals surface area contributed by atoms with Gasteiger partial charge in [-0.25, -0.2) is 0 Å². The normalized spacial score (nSPS) is 18.1. The topological polar surface area (TPSA) is 173 Å². The van der Waals surface area contributed by atoms with Gasteiger partial charge in [-0.05, 0) is 0 Å². The number of carboxylic acids is 4. The van der Waals surface area contributed by atoms with Crippen molar-refractivity contribution in [1.82, 2.24) is 19.6 Å². The van der Waals surface area contributed by atoms with Gasteiger partial charge in [0, 0.05) is 78.5 Å². The molecule has 0 N–H and O–H groups in total. The van der Waals surface area contributed by atoms with Crippen LogP contribution in [0.25, 0.3) is 0 Å². The van der Waals surface area contributed by atoms with Crippen molar-refractivity contribution in [2.45, 2.75) is 0 Å². The number of carbonyl (C=O) groups is 4. The van der Waals surface area contributed by atoms with E-state index in [2.05, 4.69) is 0 Å². The van der Waals surface area contributed by atoms with Crippen LogP contribution in [0, 0.1) is 0 Å². The van der Waals surface area contributed by atoms with Gasteiger partial charge in [0.15, 0.2) is 0 Å². The molecule has 0 aromatic heterocycles. The summed E-state index contributed by atoms with van der Waals surface area (Å²) in [4.78, 5) is 49.9. The third kappa shape index (κ3) is 15.1. The Morgan fingerprint density at radius 3 is 0.700 bits per heavy atom. The molecule has 1 heterocycles. The van der Waals surface area contributed by atoms with Crippen molar-refractivity contribution >= 4 is 23.9 Å². The van der Waals surface area contributed by atoms with Crippen molar-refractivity contribution < 1.29 is 86.2 Å². The van der Waals surface area contributed by atoms with Crippen molar-refractivity contribution in [1.29, 1.82) is 0 Å². The molecule has 0 saturated carbocycles. The van der Waals surface area contributed by atoms with E-state index in [4.69, 9.17) is 0 Å². The minimum Gasteiger partial charge on any atom is -0.549 e. The quantitative estimate of drug-likeness (QED) is 0.301. The van der Waals surface area contributed by atoms with Crippen LogP contribution in [-0.2, 0) is 36.2 Å². The van der Waals surface area contributed by atoms with Crippen molar-refractivity contribution in [2.24, 2.45) is 0 Å². The maximum Gasteiger partial charge on any atom is 3.00 e. The SMILES string of the molecule is O=C([O-])CN1CCN(CC(=O)[O-])CCN(CC(=O)[O-])CCN(CC(=O)[O-])CC1.[Fe+3].[Na+]. The summed E-state index contributed by atoms with van der Waals surface area (Å²) >= 11 is 0. The predicted octanol–water partition coefficient (Wildman–Crippen LogP) is -10.8. The van der Waals surface area contributed by atoms with Gasteiger partial charge in [0.1, 0.15) is 0 Å². The second kappa shape index (κ2) is 16.9. The fourth-order valence-corrected chi connectivity index (χ4v) is 2.94. The minimum absolute atomic E-state index is 0.